The van der Waals surface area contributed by atoms with Crippen molar-refractivity contribution in [1.29, 1.82) is 0 Å². The van der Waals surface area contributed by atoms with Gasteiger partial charge in [0.25, 0.3) is 0 Å². The molecule has 3 nitrogen and oxygen atoms in total. The fraction of sp³-hybridized carbons (Fsp3) is 0.700. The van der Waals surface area contributed by atoms with Gasteiger partial charge in [-0.25, -0.2) is 0 Å². The monoisotopic (exact) mass is 212 g/mol. The molecule has 78 valence electrons. The van der Waals surface area contributed by atoms with Crippen molar-refractivity contribution in [3.05, 3.63) is 10.9 Å². The number of nitrogens with one attached hydrogen (secondary N) is 1. The molecule has 0 aliphatic carbocycles. The quantitative estimate of drug-likeness (QED) is 0.830. The second kappa shape index (κ2) is 4.75. The van der Waals surface area contributed by atoms with Crippen molar-refractivity contribution in [2.75, 3.05) is 13.7 Å². The van der Waals surface area contributed by atoms with E-state index in [1.165, 1.54) is 30.7 Å². The van der Waals surface area contributed by atoms with Gasteiger partial charge in [0.1, 0.15) is 0 Å². The summed E-state index contributed by atoms with van der Waals surface area (Å²) in [7, 11) is 1.66. The zero-order valence-electron chi connectivity index (χ0n) is 8.45. The SMILES string of the molecule is COc1cc(CC2CCCCN2)sn1. The summed E-state index contributed by atoms with van der Waals surface area (Å²) in [4.78, 5) is 1.32. The normalized spacial score (nSPS) is 22.2. The second-order valence-electron chi connectivity index (χ2n) is 3.69. The van der Waals surface area contributed by atoms with Gasteiger partial charge in [-0.2, -0.15) is 4.37 Å². The molecule has 1 aromatic heterocycles. The number of rotatable bonds is 3. The fourth-order valence-electron chi connectivity index (χ4n) is 1.83. The van der Waals surface area contributed by atoms with Crippen LogP contribution in [0.1, 0.15) is 24.1 Å². The van der Waals surface area contributed by atoms with E-state index in [0.29, 0.717) is 6.04 Å². The highest BCUT2D eigenvalue weighted by molar-refractivity contribution is 7.05. The van der Waals surface area contributed by atoms with Gasteiger partial charge in [0, 0.05) is 17.0 Å². The second-order valence-corrected chi connectivity index (χ2v) is 4.58. The first kappa shape index (κ1) is 9.93. The molecule has 1 aliphatic heterocycles. The van der Waals surface area contributed by atoms with Crippen molar-refractivity contribution in [1.82, 2.24) is 9.69 Å². The van der Waals surface area contributed by atoms with Crippen LogP contribution in [0.2, 0.25) is 0 Å². The molecule has 0 bridgehead atoms. The smallest absolute Gasteiger partial charge is 0.225 e. The summed E-state index contributed by atoms with van der Waals surface area (Å²) in [6.07, 6.45) is 5.07. The fourth-order valence-corrected chi connectivity index (χ4v) is 2.59. The van der Waals surface area contributed by atoms with Crippen molar-refractivity contribution in [3.8, 4) is 5.88 Å². The Morgan fingerprint density at radius 1 is 1.64 bits per heavy atom. The molecular weight excluding hydrogens is 196 g/mol. The average Bonchev–Trinajstić information content (AvgIpc) is 2.67. The number of aromatic nitrogens is 1. The number of nitrogens with zero attached hydrogens (tertiary/aromatic N) is 1. The summed E-state index contributed by atoms with van der Waals surface area (Å²) in [5, 5.41) is 3.53. The van der Waals surface area contributed by atoms with Crippen molar-refractivity contribution in [2.45, 2.75) is 31.7 Å². The Balaban J connectivity index is 1.89. The molecule has 4 heteroatoms. The Morgan fingerprint density at radius 2 is 2.57 bits per heavy atom. The molecule has 1 N–H and O–H groups in total. The van der Waals surface area contributed by atoms with E-state index in [2.05, 4.69) is 9.69 Å². The van der Waals surface area contributed by atoms with E-state index in [4.69, 9.17) is 4.74 Å². The van der Waals surface area contributed by atoms with Gasteiger partial charge in [-0.3, -0.25) is 0 Å². The van der Waals surface area contributed by atoms with Crippen molar-refractivity contribution in [3.63, 3.8) is 0 Å². The summed E-state index contributed by atoms with van der Waals surface area (Å²) in [5.74, 6) is 0.751. The van der Waals surface area contributed by atoms with Crippen molar-refractivity contribution >= 4 is 11.5 Å². The van der Waals surface area contributed by atoms with Gasteiger partial charge >= 0.3 is 0 Å². The van der Waals surface area contributed by atoms with Crippen LogP contribution in [0.4, 0.5) is 0 Å². The molecule has 2 heterocycles. The molecule has 0 amide bonds. The summed E-state index contributed by atoms with van der Waals surface area (Å²) >= 11 is 1.55. The first-order valence-electron chi connectivity index (χ1n) is 5.11. The van der Waals surface area contributed by atoms with Crippen LogP contribution in [0, 0.1) is 0 Å². The Hall–Kier alpha value is -0.610. The molecule has 0 aromatic carbocycles. The standard InChI is InChI=1S/C10H16N2OS/c1-13-10-7-9(14-12-10)6-8-4-2-3-5-11-8/h7-8,11H,2-6H2,1H3. The van der Waals surface area contributed by atoms with Crippen molar-refractivity contribution in [2.24, 2.45) is 0 Å². The van der Waals surface area contributed by atoms with E-state index in [-0.39, 0.29) is 0 Å². The Kier molecular flexibility index (Phi) is 3.37. The van der Waals surface area contributed by atoms with E-state index >= 15 is 0 Å². The summed E-state index contributed by atoms with van der Waals surface area (Å²) in [5.41, 5.74) is 0. The minimum Gasteiger partial charge on any atom is -0.480 e. The Morgan fingerprint density at radius 3 is 3.21 bits per heavy atom. The summed E-state index contributed by atoms with van der Waals surface area (Å²) in [6, 6.07) is 2.69. The molecule has 1 aliphatic rings. The number of hydrogen-bond donors (Lipinski definition) is 1. The highest BCUT2D eigenvalue weighted by Crippen LogP contribution is 2.20. The lowest BCUT2D eigenvalue weighted by molar-refractivity contribution is 0.396. The van der Waals surface area contributed by atoms with Crippen LogP contribution in [0.3, 0.4) is 0 Å². The number of hydrogen-bond acceptors (Lipinski definition) is 4. The molecule has 14 heavy (non-hydrogen) atoms. The van der Waals surface area contributed by atoms with Gasteiger partial charge in [0.15, 0.2) is 0 Å². The summed E-state index contributed by atoms with van der Waals surface area (Å²) in [6.45, 7) is 1.17. The Bertz CT molecular complexity index is 281. The summed E-state index contributed by atoms with van der Waals surface area (Å²) < 4.78 is 9.25. The minimum atomic E-state index is 0.647. The minimum absolute atomic E-state index is 0.647. The molecular formula is C10H16N2OS. The third kappa shape index (κ3) is 2.45. The lowest BCUT2D eigenvalue weighted by Crippen LogP contribution is -2.35. The number of piperidine rings is 1. The van der Waals surface area contributed by atoms with Gasteiger partial charge in [0.05, 0.1) is 7.11 Å². The van der Waals surface area contributed by atoms with Gasteiger partial charge in [-0.1, -0.05) is 6.42 Å². The molecule has 0 radical (unpaired) electrons. The van der Waals surface area contributed by atoms with E-state index in [1.807, 2.05) is 6.07 Å². The molecule has 1 aromatic rings. The van der Waals surface area contributed by atoms with Crippen LogP contribution in [0.15, 0.2) is 6.07 Å². The lowest BCUT2D eigenvalue weighted by atomic mass is 10.0. The molecule has 1 saturated heterocycles. The number of methoxy groups -OCH3 is 1. The third-order valence-electron chi connectivity index (χ3n) is 2.61. The van der Waals surface area contributed by atoms with Crippen LogP contribution in [-0.4, -0.2) is 24.1 Å². The average molecular weight is 212 g/mol. The number of ether oxygens (including phenoxy) is 1. The zero-order chi connectivity index (χ0) is 9.80. The van der Waals surface area contributed by atoms with E-state index in [0.717, 1.165) is 12.3 Å². The largest absolute Gasteiger partial charge is 0.480 e. The maximum atomic E-state index is 5.06. The van der Waals surface area contributed by atoms with Crippen LogP contribution >= 0.6 is 11.5 Å². The highest BCUT2D eigenvalue weighted by Gasteiger charge is 2.14. The van der Waals surface area contributed by atoms with E-state index in [9.17, 15) is 0 Å². The van der Waals surface area contributed by atoms with Crippen LogP contribution < -0.4 is 10.1 Å². The topological polar surface area (TPSA) is 34.1 Å². The van der Waals surface area contributed by atoms with E-state index in [1.54, 1.807) is 18.6 Å². The maximum Gasteiger partial charge on any atom is 0.225 e. The van der Waals surface area contributed by atoms with Gasteiger partial charge in [-0.05, 0) is 37.3 Å². The van der Waals surface area contributed by atoms with Crippen LogP contribution in [0.25, 0.3) is 0 Å². The van der Waals surface area contributed by atoms with Gasteiger partial charge in [-0.15, -0.1) is 0 Å². The van der Waals surface area contributed by atoms with Crippen LogP contribution in [0.5, 0.6) is 5.88 Å². The molecule has 2 rings (SSSR count). The molecule has 1 fully saturated rings. The molecule has 0 spiro atoms. The molecule has 0 saturated carbocycles. The highest BCUT2D eigenvalue weighted by atomic mass is 32.1. The first-order valence-corrected chi connectivity index (χ1v) is 5.89. The van der Waals surface area contributed by atoms with E-state index < -0.39 is 0 Å². The maximum absolute atomic E-state index is 5.06. The Labute approximate surface area is 88.6 Å². The first-order chi connectivity index (χ1) is 6.88. The molecule has 1 unspecified atom stereocenters. The predicted octanol–water partition coefficient (Wildman–Crippen LogP) is 1.84. The third-order valence-corrected chi connectivity index (χ3v) is 3.40. The zero-order valence-corrected chi connectivity index (χ0v) is 9.27. The predicted molar refractivity (Wildman–Crippen MR) is 58.0 cm³/mol. The van der Waals surface area contributed by atoms with Gasteiger partial charge in [0.2, 0.25) is 5.88 Å². The van der Waals surface area contributed by atoms with Crippen molar-refractivity contribution < 1.29 is 4.74 Å². The van der Waals surface area contributed by atoms with Crippen LogP contribution in [-0.2, 0) is 6.42 Å². The molecule has 1 atom stereocenters. The lowest BCUT2D eigenvalue weighted by Gasteiger charge is -2.22. The van der Waals surface area contributed by atoms with Gasteiger partial charge < -0.3 is 10.1 Å².